The van der Waals surface area contributed by atoms with E-state index in [0.29, 0.717) is 37.5 Å². The Morgan fingerprint density at radius 2 is 2.21 bits per heavy atom. The molecule has 0 radical (unpaired) electrons. The molecule has 0 bridgehead atoms. The Morgan fingerprint density at radius 1 is 1.42 bits per heavy atom. The first-order chi connectivity index (χ1) is 11.5. The molecule has 7 nitrogen and oxygen atoms in total. The molecule has 24 heavy (non-hydrogen) atoms. The number of amides is 1. The molecular weight excluding hydrogens is 312 g/mol. The molecule has 1 aromatic heterocycles. The number of carbonyl (C=O) groups is 2. The van der Waals surface area contributed by atoms with Gasteiger partial charge in [-0.05, 0) is 25.8 Å². The Morgan fingerprint density at radius 3 is 2.92 bits per heavy atom. The summed E-state index contributed by atoms with van der Waals surface area (Å²) in [6, 6.07) is 3.13. The summed E-state index contributed by atoms with van der Waals surface area (Å²) in [6.07, 6.45) is 4.50. The SMILES string of the molecule is COCCOc1cc(C(=O)NC2(C)CCCCC2C(=O)O)ccn1. The van der Waals surface area contributed by atoms with Crippen LogP contribution in [-0.4, -0.2) is 47.8 Å². The van der Waals surface area contributed by atoms with Crippen LogP contribution in [-0.2, 0) is 9.53 Å². The second kappa shape index (κ2) is 8.10. The number of carbonyl (C=O) groups excluding carboxylic acids is 1. The number of carboxylic acids is 1. The van der Waals surface area contributed by atoms with Gasteiger partial charge in [0.25, 0.3) is 5.91 Å². The van der Waals surface area contributed by atoms with Gasteiger partial charge in [-0.2, -0.15) is 0 Å². The zero-order valence-electron chi connectivity index (χ0n) is 14.1. The van der Waals surface area contributed by atoms with Gasteiger partial charge in [0.2, 0.25) is 5.88 Å². The average molecular weight is 336 g/mol. The maximum Gasteiger partial charge on any atom is 0.308 e. The van der Waals surface area contributed by atoms with Crippen molar-refractivity contribution in [3.63, 3.8) is 0 Å². The first-order valence-electron chi connectivity index (χ1n) is 8.09. The number of rotatable bonds is 7. The van der Waals surface area contributed by atoms with Crippen molar-refractivity contribution in [3.05, 3.63) is 23.9 Å². The van der Waals surface area contributed by atoms with E-state index in [9.17, 15) is 14.7 Å². The van der Waals surface area contributed by atoms with E-state index in [1.54, 1.807) is 26.2 Å². The van der Waals surface area contributed by atoms with Gasteiger partial charge in [0.05, 0.1) is 18.1 Å². The zero-order valence-corrected chi connectivity index (χ0v) is 14.1. The zero-order chi connectivity index (χ0) is 17.6. The third kappa shape index (κ3) is 4.44. The molecule has 1 aliphatic carbocycles. The Kier molecular flexibility index (Phi) is 6.14. The molecule has 1 fully saturated rings. The monoisotopic (exact) mass is 336 g/mol. The summed E-state index contributed by atoms with van der Waals surface area (Å²) in [7, 11) is 1.57. The van der Waals surface area contributed by atoms with Crippen molar-refractivity contribution in [3.8, 4) is 5.88 Å². The summed E-state index contributed by atoms with van der Waals surface area (Å²) in [6.45, 7) is 2.57. The van der Waals surface area contributed by atoms with Gasteiger partial charge in [0.15, 0.2) is 0 Å². The average Bonchev–Trinajstić information content (AvgIpc) is 2.55. The van der Waals surface area contributed by atoms with Crippen LogP contribution >= 0.6 is 0 Å². The lowest BCUT2D eigenvalue weighted by atomic mass is 9.73. The predicted octanol–water partition coefficient (Wildman–Crippen LogP) is 1.87. The van der Waals surface area contributed by atoms with Crippen LogP contribution in [0, 0.1) is 5.92 Å². The van der Waals surface area contributed by atoms with E-state index in [2.05, 4.69) is 10.3 Å². The predicted molar refractivity (Wildman–Crippen MR) is 87.1 cm³/mol. The summed E-state index contributed by atoms with van der Waals surface area (Å²) in [5.41, 5.74) is -0.352. The number of methoxy groups -OCH3 is 1. The first-order valence-corrected chi connectivity index (χ1v) is 8.09. The lowest BCUT2D eigenvalue weighted by Gasteiger charge is -2.39. The van der Waals surface area contributed by atoms with Gasteiger partial charge in [-0.15, -0.1) is 0 Å². The van der Waals surface area contributed by atoms with Gasteiger partial charge in [0.1, 0.15) is 6.61 Å². The van der Waals surface area contributed by atoms with Crippen molar-refractivity contribution in [1.82, 2.24) is 10.3 Å². The van der Waals surface area contributed by atoms with Crippen LogP contribution in [0.1, 0.15) is 43.0 Å². The third-order valence-electron chi connectivity index (χ3n) is 4.44. The van der Waals surface area contributed by atoms with Gasteiger partial charge in [-0.25, -0.2) is 4.98 Å². The van der Waals surface area contributed by atoms with E-state index in [1.165, 1.54) is 6.20 Å². The number of pyridine rings is 1. The summed E-state index contributed by atoms with van der Waals surface area (Å²) in [4.78, 5) is 28.1. The Hall–Kier alpha value is -2.15. The van der Waals surface area contributed by atoms with Crippen LogP contribution < -0.4 is 10.1 Å². The van der Waals surface area contributed by atoms with E-state index in [-0.39, 0.29) is 5.91 Å². The Labute approximate surface area is 141 Å². The van der Waals surface area contributed by atoms with Crippen LogP contribution in [0.15, 0.2) is 18.3 Å². The number of hydrogen-bond donors (Lipinski definition) is 2. The number of aromatic nitrogens is 1. The van der Waals surface area contributed by atoms with E-state index < -0.39 is 17.4 Å². The molecule has 2 rings (SSSR count). The summed E-state index contributed by atoms with van der Waals surface area (Å²) < 4.78 is 10.3. The lowest BCUT2D eigenvalue weighted by Crippen LogP contribution is -2.55. The van der Waals surface area contributed by atoms with Crippen LogP contribution in [0.2, 0.25) is 0 Å². The van der Waals surface area contributed by atoms with Crippen molar-refractivity contribution in [2.45, 2.75) is 38.1 Å². The van der Waals surface area contributed by atoms with Crippen molar-refractivity contribution < 1.29 is 24.2 Å². The maximum absolute atomic E-state index is 12.6. The van der Waals surface area contributed by atoms with Crippen LogP contribution in [0.3, 0.4) is 0 Å². The molecule has 7 heteroatoms. The van der Waals surface area contributed by atoms with Crippen molar-refractivity contribution in [1.29, 1.82) is 0 Å². The van der Waals surface area contributed by atoms with Gasteiger partial charge in [0, 0.05) is 24.9 Å². The smallest absolute Gasteiger partial charge is 0.308 e. The molecule has 1 amide bonds. The summed E-state index contributed by atoms with van der Waals surface area (Å²) >= 11 is 0. The molecule has 1 aliphatic rings. The van der Waals surface area contributed by atoms with Crippen molar-refractivity contribution >= 4 is 11.9 Å². The first kappa shape index (κ1) is 18.2. The number of nitrogens with zero attached hydrogens (tertiary/aromatic N) is 1. The molecule has 1 aromatic rings. The van der Waals surface area contributed by atoms with Crippen LogP contribution in [0.4, 0.5) is 0 Å². The largest absolute Gasteiger partial charge is 0.481 e. The van der Waals surface area contributed by atoms with E-state index in [4.69, 9.17) is 9.47 Å². The van der Waals surface area contributed by atoms with Crippen LogP contribution in [0.25, 0.3) is 0 Å². The number of carboxylic acid groups (broad SMARTS) is 1. The van der Waals surface area contributed by atoms with Crippen molar-refractivity contribution in [2.24, 2.45) is 5.92 Å². The number of ether oxygens (including phenoxy) is 2. The normalized spacial score (nSPS) is 23.5. The Balaban J connectivity index is 2.08. The molecule has 2 atom stereocenters. The third-order valence-corrected chi connectivity index (χ3v) is 4.44. The topological polar surface area (TPSA) is 97.8 Å². The molecule has 2 N–H and O–H groups in total. The van der Waals surface area contributed by atoms with Crippen LogP contribution in [0.5, 0.6) is 5.88 Å². The molecule has 0 aliphatic heterocycles. The molecule has 0 spiro atoms. The summed E-state index contributed by atoms with van der Waals surface area (Å²) in [5.74, 6) is -1.42. The standard InChI is InChI=1S/C17H24N2O5/c1-17(7-4-3-5-13(17)16(21)22)19-15(20)12-6-8-18-14(11-12)24-10-9-23-2/h6,8,11,13H,3-5,7,9-10H2,1-2H3,(H,19,20)(H,21,22). The van der Waals surface area contributed by atoms with E-state index >= 15 is 0 Å². The molecule has 0 aromatic carbocycles. The highest BCUT2D eigenvalue weighted by atomic mass is 16.5. The van der Waals surface area contributed by atoms with E-state index in [0.717, 1.165) is 12.8 Å². The van der Waals surface area contributed by atoms with E-state index in [1.807, 2.05) is 0 Å². The number of aliphatic carboxylic acids is 1. The minimum atomic E-state index is -0.865. The minimum Gasteiger partial charge on any atom is -0.481 e. The fourth-order valence-corrected chi connectivity index (χ4v) is 3.07. The fourth-order valence-electron chi connectivity index (χ4n) is 3.07. The maximum atomic E-state index is 12.6. The van der Waals surface area contributed by atoms with Crippen molar-refractivity contribution in [2.75, 3.05) is 20.3 Å². The summed E-state index contributed by atoms with van der Waals surface area (Å²) in [5, 5.41) is 12.3. The Bertz CT molecular complexity index is 592. The highest BCUT2D eigenvalue weighted by molar-refractivity contribution is 5.95. The van der Waals surface area contributed by atoms with Gasteiger partial charge in [-0.3, -0.25) is 9.59 Å². The highest BCUT2D eigenvalue weighted by Gasteiger charge is 2.42. The number of hydrogen-bond acceptors (Lipinski definition) is 5. The van der Waals surface area contributed by atoms with Gasteiger partial charge in [-0.1, -0.05) is 12.8 Å². The highest BCUT2D eigenvalue weighted by Crippen LogP contribution is 2.34. The number of nitrogens with one attached hydrogen (secondary N) is 1. The molecule has 2 unspecified atom stereocenters. The molecule has 1 heterocycles. The fraction of sp³-hybridized carbons (Fsp3) is 0.588. The second-order valence-electron chi connectivity index (χ2n) is 6.23. The molecule has 0 saturated heterocycles. The molecule has 132 valence electrons. The van der Waals surface area contributed by atoms with Gasteiger partial charge < -0.3 is 19.9 Å². The molecular formula is C17H24N2O5. The minimum absolute atomic E-state index is 0.315. The lowest BCUT2D eigenvalue weighted by molar-refractivity contribution is -0.145. The quantitative estimate of drug-likeness (QED) is 0.738. The second-order valence-corrected chi connectivity index (χ2v) is 6.23. The van der Waals surface area contributed by atoms with Gasteiger partial charge >= 0.3 is 5.97 Å². The molecule has 1 saturated carbocycles.